The lowest BCUT2D eigenvalue weighted by Crippen LogP contribution is -2.58. The highest BCUT2D eigenvalue weighted by molar-refractivity contribution is 5.85. The number of hydrogen-bond donors (Lipinski definition) is 2. The number of aryl methyl sites for hydroxylation is 1. The molecule has 3 nitrogen and oxygen atoms in total. The van der Waals surface area contributed by atoms with E-state index in [0.29, 0.717) is 6.42 Å². The standard InChI is InChI=1S/C13H18N2O/c1-2-15-13(12(14)16)8-7-10-5-3-4-6-11(10)9-13/h3-6,15H,2,7-9H2,1H3,(H2,14,16). The second-order valence-corrected chi connectivity index (χ2v) is 4.42. The second-order valence-electron chi connectivity index (χ2n) is 4.42. The Bertz CT molecular complexity index is 403. The predicted octanol–water partition coefficient (Wildman–Crippen LogP) is 1.01. The lowest BCUT2D eigenvalue weighted by atomic mass is 9.77. The molecular weight excluding hydrogens is 200 g/mol. The zero-order valence-electron chi connectivity index (χ0n) is 9.62. The van der Waals surface area contributed by atoms with Gasteiger partial charge in [-0.15, -0.1) is 0 Å². The van der Waals surface area contributed by atoms with Gasteiger partial charge in [-0.3, -0.25) is 4.79 Å². The first kappa shape index (κ1) is 11.1. The first-order chi connectivity index (χ1) is 7.68. The molecule has 3 heteroatoms. The van der Waals surface area contributed by atoms with Crippen molar-refractivity contribution in [3.05, 3.63) is 35.4 Å². The Kier molecular flexibility index (Phi) is 2.97. The van der Waals surface area contributed by atoms with Crippen molar-refractivity contribution < 1.29 is 4.79 Å². The molecule has 86 valence electrons. The predicted molar refractivity (Wildman–Crippen MR) is 64.1 cm³/mol. The average molecular weight is 218 g/mol. The molecule has 1 amide bonds. The van der Waals surface area contributed by atoms with Gasteiger partial charge in [0.25, 0.3) is 0 Å². The largest absolute Gasteiger partial charge is 0.368 e. The third kappa shape index (κ3) is 1.83. The van der Waals surface area contributed by atoms with Gasteiger partial charge in [-0.2, -0.15) is 0 Å². The van der Waals surface area contributed by atoms with E-state index < -0.39 is 5.54 Å². The van der Waals surface area contributed by atoms with Crippen LogP contribution < -0.4 is 11.1 Å². The number of likely N-dealkylation sites (N-methyl/N-ethyl adjacent to an activating group) is 1. The maximum Gasteiger partial charge on any atom is 0.238 e. The van der Waals surface area contributed by atoms with Gasteiger partial charge in [-0.25, -0.2) is 0 Å². The van der Waals surface area contributed by atoms with Crippen LogP contribution in [-0.4, -0.2) is 18.0 Å². The highest BCUT2D eigenvalue weighted by atomic mass is 16.1. The molecule has 1 aromatic rings. The minimum atomic E-state index is -0.539. The van der Waals surface area contributed by atoms with E-state index in [-0.39, 0.29) is 5.91 Å². The van der Waals surface area contributed by atoms with Crippen LogP contribution in [0, 0.1) is 0 Å². The van der Waals surface area contributed by atoms with Gasteiger partial charge in [-0.05, 0) is 36.9 Å². The fourth-order valence-corrected chi connectivity index (χ4v) is 2.52. The summed E-state index contributed by atoms with van der Waals surface area (Å²) in [5, 5.41) is 3.26. The van der Waals surface area contributed by atoms with Crippen molar-refractivity contribution in [1.82, 2.24) is 5.32 Å². The summed E-state index contributed by atoms with van der Waals surface area (Å²) in [6, 6.07) is 8.28. The first-order valence-electron chi connectivity index (χ1n) is 5.80. The minimum Gasteiger partial charge on any atom is -0.368 e. The highest BCUT2D eigenvalue weighted by Gasteiger charge is 2.38. The monoisotopic (exact) mass is 218 g/mol. The summed E-state index contributed by atoms with van der Waals surface area (Å²) in [4.78, 5) is 11.6. The molecular formula is C13H18N2O. The van der Waals surface area contributed by atoms with Crippen LogP contribution in [0.5, 0.6) is 0 Å². The number of hydrogen-bond acceptors (Lipinski definition) is 2. The van der Waals surface area contributed by atoms with E-state index in [4.69, 9.17) is 5.73 Å². The number of carbonyl (C=O) groups is 1. The third-order valence-electron chi connectivity index (χ3n) is 3.42. The minimum absolute atomic E-state index is 0.233. The van der Waals surface area contributed by atoms with Crippen LogP contribution in [0.15, 0.2) is 24.3 Å². The topological polar surface area (TPSA) is 55.1 Å². The second kappa shape index (κ2) is 4.26. The molecule has 1 aliphatic rings. The Labute approximate surface area is 96.0 Å². The van der Waals surface area contributed by atoms with Crippen molar-refractivity contribution in [2.24, 2.45) is 5.73 Å². The van der Waals surface area contributed by atoms with Crippen molar-refractivity contribution in [1.29, 1.82) is 0 Å². The van der Waals surface area contributed by atoms with Gasteiger partial charge in [-0.1, -0.05) is 31.2 Å². The van der Waals surface area contributed by atoms with E-state index in [9.17, 15) is 4.79 Å². The molecule has 0 radical (unpaired) electrons. The van der Waals surface area contributed by atoms with Crippen LogP contribution >= 0.6 is 0 Å². The molecule has 2 rings (SSSR count). The first-order valence-corrected chi connectivity index (χ1v) is 5.80. The van der Waals surface area contributed by atoms with Gasteiger partial charge in [0.2, 0.25) is 5.91 Å². The fourth-order valence-electron chi connectivity index (χ4n) is 2.52. The third-order valence-corrected chi connectivity index (χ3v) is 3.42. The van der Waals surface area contributed by atoms with Crippen LogP contribution in [0.3, 0.4) is 0 Å². The smallest absolute Gasteiger partial charge is 0.238 e. The molecule has 16 heavy (non-hydrogen) atoms. The maximum absolute atomic E-state index is 11.6. The van der Waals surface area contributed by atoms with E-state index in [1.54, 1.807) is 0 Å². The fraction of sp³-hybridized carbons (Fsp3) is 0.462. The van der Waals surface area contributed by atoms with E-state index in [2.05, 4.69) is 17.4 Å². The van der Waals surface area contributed by atoms with Gasteiger partial charge < -0.3 is 11.1 Å². The van der Waals surface area contributed by atoms with Crippen molar-refractivity contribution >= 4 is 5.91 Å². The van der Waals surface area contributed by atoms with Gasteiger partial charge in [0.15, 0.2) is 0 Å². The molecule has 1 aliphatic carbocycles. The molecule has 1 unspecified atom stereocenters. The van der Waals surface area contributed by atoms with Gasteiger partial charge >= 0.3 is 0 Å². The average Bonchev–Trinajstić information content (AvgIpc) is 2.29. The van der Waals surface area contributed by atoms with E-state index in [1.807, 2.05) is 19.1 Å². The molecule has 0 aliphatic heterocycles. The number of rotatable bonds is 3. The quantitative estimate of drug-likeness (QED) is 0.795. The van der Waals surface area contributed by atoms with Gasteiger partial charge in [0, 0.05) is 0 Å². The Morgan fingerprint density at radius 2 is 2.12 bits per heavy atom. The van der Waals surface area contributed by atoms with Crippen molar-refractivity contribution in [2.45, 2.75) is 31.7 Å². The number of nitrogens with one attached hydrogen (secondary N) is 1. The molecule has 0 saturated heterocycles. The SMILES string of the molecule is CCNC1(C(N)=O)CCc2ccccc2C1. The van der Waals surface area contributed by atoms with Crippen molar-refractivity contribution in [3.8, 4) is 0 Å². The molecule has 0 saturated carbocycles. The maximum atomic E-state index is 11.6. The van der Waals surface area contributed by atoms with Gasteiger partial charge in [0.1, 0.15) is 5.54 Å². The number of primary amides is 1. The lowest BCUT2D eigenvalue weighted by molar-refractivity contribution is -0.124. The number of carbonyl (C=O) groups excluding carboxylic acids is 1. The van der Waals surface area contributed by atoms with Crippen LogP contribution in [0.1, 0.15) is 24.5 Å². The summed E-state index contributed by atoms with van der Waals surface area (Å²) in [6.07, 6.45) is 2.44. The molecule has 0 bridgehead atoms. The number of amides is 1. The molecule has 1 aromatic carbocycles. The Morgan fingerprint density at radius 1 is 1.44 bits per heavy atom. The Morgan fingerprint density at radius 3 is 2.75 bits per heavy atom. The number of fused-ring (bicyclic) bond motifs is 1. The normalized spacial score (nSPS) is 23.8. The van der Waals surface area contributed by atoms with Gasteiger partial charge in [0.05, 0.1) is 0 Å². The van der Waals surface area contributed by atoms with Crippen LogP contribution in [0.2, 0.25) is 0 Å². The zero-order valence-corrected chi connectivity index (χ0v) is 9.62. The summed E-state index contributed by atoms with van der Waals surface area (Å²) >= 11 is 0. The number of benzene rings is 1. The van der Waals surface area contributed by atoms with Crippen LogP contribution in [-0.2, 0) is 17.6 Å². The summed E-state index contributed by atoms with van der Waals surface area (Å²) in [5.74, 6) is -0.233. The lowest BCUT2D eigenvalue weighted by Gasteiger charge is -2.36. The summed E-state index contributed by atoms with van der Waals surface area (Å²) < 4.78 is 0. The Hall–Kier alpha value is -1.35. The molecule has 1 atom stereocenters. The zero-order chi connectivity index (χ0) is 11.6. The van der Waals surface area contributed by atoms with Crippen molar-refractivity contribution in [2.75, 3.05) is 6.54 Å². The van der Waals surface area contributed by atoms with Crippen LogP contribution in [0.25, 0.3) is 0 Å². The van der Waals surface area contributed by atoms with Crippen LogP contribution in [0.4, 0.5) is 0 Å². The molecule has 3 N–H and O–H groups in total. The molecule has 0 aromatic heterocycles. The van der Waals surface area contributed by atoms with E-state index in [1.165, 1.54) is 11.1 Å². The van der Waals surface area contributed by atoms with E-state index >= 15 is 0 Å². The highest BCUT2D eigenvalue weighted by Crippen LogP contribution is 2.28. The number of nitrogens with two attached hydrogens (primary N) is 1. The van der Waals surface area contributed by atoms with E-state index in [0.717, 1.165) is 19.4 Å². The summed E-state index contributed by atoms with van der Waals surface area (Å²) in [5.41, 5.74) is 7.59. The van der Waals surface area contributed by atoms with Crippen molar-refractivity contribution in [3.63, 3.8) is 0 Å². The molecule has 0 spiro atoms. The molecule has 0 fully saturated rings. The Balaban J connectivity index is 2.31. The summed E-state index contributed by atoms with van der Waals surface area (Å²) in [7, 11) is 0. The molecule has 0 heterocycles. The summed E-state index contributed by atoms with van der Waals surface area (Å²) in [6.45, 7) is 2.77.